The monoisotopic (exact) mass is 241 g/mol. The van der Waals surface area contributed by atoms with E-state index in [2.05, 4.69) is 4.18 Å². The number of carboxylic acids is 1. The number of hydrogen-bond acceptors (Lipinski definition) is 5. The molecule has 0 aromatic rings. The van der Waals surface area contributed by atoms with Crippen molar-refractivity contribution in [3.8, 4) is 0 Å². The SMILES string of the molecule is NC(=O)CC[C@H](COS(=O)(=O)O)C(=O)O. The molecular weight excluding hydrogens is 230 g/mol. The van der Waals surface area contributed by atoms with E-state index in [4.69, 9.17) is 15.4 Å². The first-order chi connectivity index (χ1) is 6.72. The van der Waals surface area contributed by atoms with Crippen LogP contribution in [0.25, 0.3) is 0 Å². The van der Waals surface area contributed by atoms with Gasteiger partial charge in [-0.3, -0.25) is 14.1 Å². The van der Waals surface area contributed by atoms with Crippen LogP contribution in [0, 0.1) is 5.92 Å². The van der Waals surface area contributed by atoms with Crippen molar-refractivity contribution in [2.45, 2.75) is 12.8 Å². The molecule has 0 fully saturated rings. The van der Waals surface area contributed by atoms with Gasteiger partial charge in [0.1, 0.15) is 0 Å². The first-order valence-electron chi connectivity index (χ1n) is 3.85. The molecule has 0 aliphatic carbocycles. The molecule has 0 saturated carbocycles. The van der Waals surface area contributed by atoms with Gasteiger partial charge in [-0.15, -0.1) is 0 Å². The predicted molar refractivity (Wildman–Crippen MR) is 47.1 cm³/mol. The molecule has 0 aliphatic rings. The van der Waals surface area contributed by atoms with Gasteiger partial charge in [-0.2, -0.15) is 8.42 Å². The molecule has 0 aromatic carbocycles. The summed E-state index contributed by atoms with van der Waals surface area (Å²) in [7, 11) is -4.67. The fourth-order valence-corrected chi connectivity index (χ4v) is 1.10. The molecule has 1 amide bonds. The molecule has 0 aromatic heterocycles. The van der Waals surface area contributed by atoms with Crippen LogP contribution in [0.2, 0.25) is 0 Å². The van der Waals surface area contributed by atoms with E-state index >= 15 is 0 Å². The summed E-state index contributed by atoms with van der Waals surface area (Å²) in [6, 6.07) is 0. The van der Waals surface area contributed by atoms with Crippen molar-refractivity contribution in [3.63, 3.8) is 0 Å². The smallest absolute Gasteiger partial charge is 0.397 e. The van der Waals surface area contributed by atoms with Gasteiger partial charge in [0.25, 0.3) is 0 Å². The molecule has 0 aliphatic heterocycles. The second-order valence-electron chi connectivity index (χ2n) is 2.75. The molecule has 8 nitrogen and oxygen atoms in total. The fraction of sp³-hybridized carbons (Fsp3) is 0.667. The van der Waals surface area contributed by atoms with Crippen molar-refractivity contribution in [1.29, 1.82) is 0 Å². The molecule has 0 radical (unpaired) electrons. The van der Waals surface area contributed by atoms with Crippen molar-refractivity contribution >= 4 is 22.3 Å². The summed E-state index contributed by atoms with van der Waals surface area (Å²) in [5.74, 6) is -3.24. The van der Waals surface area contributed by atoms with E-state index < -0.39 is 34.8 Å². The summed E-state index contributed by atoms with van der Waals surface area (Å²) in [4.78, 5) is 20.9. The standard InChI is InChI=1S/C6H11NO7S/c7-5(8)2-1-4(6(9)10)3-14-15(11,12)13/h4H,1-3H2,(H2,7,8)(H,9,10)(H,11,12,13)/t4-/m1/s1. The van der Waals surface area contributed by atoms with Crippen molar-refractivity contribution < 1.29 is 31.8 Å². The van der Waals surface area contributed by atoms with E-state index in [1.165, 1.54) is 0 Å². The summed E-state index contributed by atoms with van der Waals surface area (Å²) in [6.45, 7) is -0.735. The van der Waals surface area contributed by atoms with Crippen LogP contribution < -0.4 is 5.73 Å². The first-order valence-corrected chi connectivity index (χ1v) is 5.22. The van der Waals surface area contributed by atoms with Gasteiger partial charge in [0.15, 0.2) is 0 Å². The minimum absolute atomic E-state index is 0.153. The number of carbonyl (C=O) groups is 2. The van der Waals surface area contributed by atoms with E-state index in [0.29, 0.717) is 0 Å². The molecule has 0 heterocycles. The minimum atomic E-state index is -4.67. The van der Waals surface area contributed by atoms with Crippen LogP contribution >= 0.6 is 0 Å². The molecule has 4 N–H and O–H groups in total. The third-order valence-electron chi connectivity index (χ3n) is 1.51. The Balaban J connectivity index is 4.17. The maximum atomic E-state index is 10.5. The Hall–Kier alpha value is -1.19. The molecule has 1 atom stereocenters. The van der Waals surface area contributed by atoms with Gasteiger partial charge in [-0.05, 0) is 6.42 Å². The van der Waals surface area contributed by atoms with Gasteiger partial charge >= 0.3 is 16.4 Å². The number of amides is 1. The molecule has 9 heteroatoms. The maximum Gasteiger partial charge on any atom is 0.397 e. The van der Waals surface area contributed by atoms with Gasteiger partial charge in [0.2, 0.25) is 5.91 Å². The highest BCUT2D eigenvalue weighted by Crippen LogP contribution is 2.08. The highest BCUT2D eigenvalue weighted by atomic mass is 32.3. The zero-order valence-corrected chi connectivity index (χ0v) is 8.44. The first kappa shape index (κ1) is 13.8. The number of nitrogens with two attached hydrogens (primary N) is 1. The van der Waals surface area contributed by atoms with Crippen LogP contribution in [0.5, 0.6) is 0 Å². The fourth-order valence-electron chi connectivity index (χ4n) is 0.763. The third kappa shape index (κ3) is 7.85. The van der Waals surface area contributed by atoms with Gasteiger partial charge in [0, 0.05) is 6.42 Å². The van der Waals surface area contributed by atoms with Crippen LogP contribution in [-0.2, 0) is 24.2 Å². The zero-order valence-electron chi connectivity index (χ0n) is 7.62. The Morgan fingerprint density at radius 2 is 1.93 bits per heavy atom. The van der Waals surface area contributed by atoms with Crippen molar-refractivity contribution in [2.24, 2.45) is 11.7 Å². The number of rotatable bonds is 7. The summed E-state index contributed by atoms with van der Waals surface area (Å²) in [5.41, 5.74) is 4.78. The minimum Gasteiger partial charge on any atom is -0.481 e. The summed E-state index contributed by atoms with van der Waals surface area (Å²) < 4.78 is 32.4. The molecule has 15 heavy (non-hydrogen) atoms. The van der Waals surface area contributed by atoms with Crippen LogP contribution in [0.3, 0.4) is 0 Å². The molecule has 0 saturated heterocycles. The largest absolute Gasteiger partial charge is 0.481 e. The second-order valence-corrected chi connectivity index (χ2v) is 3.84. The van der Waals surface area contributed by atoms with Crippen molar-refractivity contribution in [3.05, 3.63) is 0 Å². The molecule has 0 rings (SSSR count). The average Bonchev–Trinajstić information content (AvgIpc) is 2.00. The second kappa shape index (κ2) is 5.63. The Morgan fingerprint density at radius 1 is 1.40 bits per heavy atom. The topological polar surface area (TPSA) is 144 Å². The Bertz CT molecular complexity index is 335. The third-order valence-corrected chi connectivity index (χ3v) is 1.94. The van der Waals surface area contributed by atoms with Crippen molar-refractivity contribution in [1.82, 2.24) is 0 Å². The van der Waals surface area contributed by atoms with E-state index in [0.717, 1.165) is 0 Å². The van der Waals surface area contributed by atoms with E-state index in [1.54, 1.807) is 0 Å². The molecule has 0 bridgehead atoms. The Labute approximate surface area is 86.0 Å². The molecule has 0 unspecified atom stereocenters. The molecule has 88 valence electrons. The lowest BCUT2D eigenvalue weighted by molar-refractivity contribution is -0.143. The maximum absolute atomic E-state index is 10.5. The lowest BCUT2D eigenvalue weighted by atomic mass is 10.0. The quantitative estimate of drug-likeness (QED) is 0.473. The molecular formula is C6H11NO7S. The van der Waals surface area contributed by atoms with Gasteiger partial charge in [-0.25, -0.2) is 4.18 Å². The zero-order chi connectivity index (χ0) is 12.1. The number of carbonyl (C=O) groups excluding carboxylic acids is 1. The molecule has 0 spiro atoms. The predicted octanol–water partition coefficient (Wildman–Crippen LogP) is -1.23. The van der Waals surface area contributed by atoms with Crippen LogP contribution in [0.15, 0.2) is 0 Å². The van der Waals surface area contributed by atoms with Gasteiger partial charge in [-0.1, -0.05) is 0 Å². The van der Waals surface area contributed by atoms with E-state index in [1.807, 2.05) is 0 Å². The van der Waals surface area contributed by atoms with E-state index in [-0.39, 0.29) is 12.8 Å². The highest BCUT2D eigenvalue weighted by Gasteiger charge is 2.21. The Morgan fingerprint density at radius 3 is 2.27 bits per heavy atom. The summed E-state index contributed by atoms with van der Waals surface area (Å²) >= 11 is 0. The van der Waals surface area contributed by atoms with Crippen molar-refractivity contribution in [2.75, 3.05) is 6.61 Å². The lowest BCUT2D eigenvalue weighted by Crippen LogP contribution is -2.24. The number of aliphatic carboxylic acids is 1. The number of primary amides is 1. The van der Waals surface area contributed by atoms with Crippen LogP contribution in [0.1, 0.15) is 12.8 Å². The van der Waals surface area contributed by atoms with E-state index in [9.17, 15) is 18.0 Å². The lowest BCUT2D eigenvalue weighted by Gasteiger charge is -2.09. The highest BCUT2D eigenvalue weighted by molar-refractivity contribution is 7.80. The normalized spacial score (nSPS) is 13.4. The number of hydrogen-bond donors (Lipinski definition) is 3. The van der Waals surface area contributed by atoms with Crippen LogP contribution in [0.4, 0.5) is 0 Å². The summed E-state index contributed by atoms with van der Waals surface area (Å²) in [6.07, 6.45) is -0.355. The average molecular weight is 241 g/mol. The van der Waals surface area contributed by atoms with Crippen LogP contribution in [-0.4, -0.2) is 36.6 Å². The number of carboxylic acid groups (broad SMARTS) is 1. The van der Waals surface area contributed by atoms with Gasteiger partial charge in [0.05, 0.1) is 12.5 Å². The van der Waals surface area contributed by atoms with Gasteiger partial charge < -0.3 is 10.8 Å². The summed E-state index contributed by atoms with van der Waals surface area (Å²) in [5, 5.41) is 8.57. The Kier molecular flexibility index (Phi) is 5.19.